The fourth-order valence-corrected chi connectivity index (χ4v) is 2.40. The molecule has 1 aromatic heterocycles. The van der Waals surface area contributed by atoms with Crippen molar-refractivity contribution in [3.05, 3.63) is 79.1 Å². The Bertz CT molecular complexity index is 827. The first-order valence-electron chi connectivity index (χ1n) is 7.32. The molecule has 0 aliphatic carbocycles. The maximum Gasteiger partial charge on any atom is 0.393 e. The lowest BCUT2D eigenvalue weighted by Crippen LogP contribution is -2.37. The van der Waals surface area contributed by atoms with Crippen LogP contribution in [0.3, 0.4) is 0 Å². The molecule has 114 valence electrons. The minimum Gasteiger partial charge on any atom is -0.508 e. The third-order valence-electron chi connectivity index (χ3n) is 3.64. The summed E-state index contributed by atoms with van der Waals surface area (Å²) >= 11 is 0. The second-order valence-electron chi connectivity index (χ2n) is 5.35. The van der Waals surface area contributed by atoms with Crippen LogP contribution in [0.1, 0.15) is 5.56 Å². The average molecular weight is 304 g/mol. The van der Waals surface area contributed by atoms with E-state index in [0.717, 1.165) is 22.4 Å². The Labute approximate surface area is 135 Å². The summed E-state index contributed by atoms with van der Waals surface area (Å²) < 4.78 is 1.80. The van der Waals surface area contributed by atoms with Gasteiger partial charge in [-0.1, -0.05) is 54.0 Å². The topological polar surface area (TPSA) is 63.0 Å². The van der Waals surface area contributed by atoms with Gasteiger partial charge >= 0.3 is 5.95 Å². The molecule has 0 fully saturated rings. The Morgan fingerprint density at radius 1 is 1.04 bits per heavy atom. The van der Waals surface area contributed by atoms with E-state index in [-0.39, 0.29) is 5.75 Å². The van der Waals surface area contributed by atoms with Gasteiger partial charge in [0.25, 0.3) is 0 Å². The number of rotatable bonds is 4. The van der Waals surface area contributed by atoms with Gasteiger partial charge in [0.05, 0.1) is 11.9 Å². The van der Waals surface area contributed by atoms with Crippen LogP contribution in [0.2, 0.25) is 0 Å². The molecule has 0 saturated heterocycles. The number of benzene rings is 2. The molecule has 23 heavy (non-hydrogen) atoms. The fourth-order valence-electron chi connectivity index (χ4n) is 2.40. The minimum atomic E-state index is 0.249. The van der Waals surface area contributed by atoms with Crippen LogP contribution in [0, 0.1) is 0 Å². The SMILES string of the molecule is C=C(Cc1ccc(O)cc1)[n+]1cc(-c2ccccc2)cnc1N. The Balaban J connectivity index is 1.89. The minimum absolute atomic E-state index is 0.249. The van der Waals surface area contributed by atoms with E-state index in [0.29, 0.717) is 12.4 Å². The Kier molecular flexibility index (Phi) is 4.06. The van der Waals surface area contributed by atoms with Crippen LogP contribution >= 0.6 is 0 Å². The van der Waals surface area contributed by atoms with Crippen molar-refractivity contribution < 1.29 is 9.67 Å². The summed E-state index contributed by atoms with van der Waals surface area (Å²) in [5.41, 5.74) is 9.91. The molecular weight excluding hydrogens is 286 g/mol. The number of nitrogens with two attached hydrogens (primary N) is 1. The summed E-state index contributed by atoms with van der Waals surface area (Å²) in [6, 6.07) is 17.1. The van der Waals surface area contributed by atoms with E-state index < -0.39 is 0 Å². The number of hydrogen-bond donors (Lipinski definition) is 2. The molecule has 0 atom stereocenters. The normalized spacial score (nSPS) is 10.4. The number of nitrogens with zero attached hydrogens (tertiary/aromatic N) is 2. The molecule has 3 rings (SSSR count). The number of aromatic nitrogens is 2. The second-order valence-corrected chi connectivity index (χ2v) is 5.35. The lowest BCUT2D eigenvalue weighted by molar-refractivity contribution is -0.569. The molecule has 2 aromatic carbocycles. The van der Waals surface area contributed by atoms with Gasteiger partial charge in [0.2, 0.25) is 0 Å². The number of phenolic OH excluding ortho intramolecular Hbond substituents is 1. The van der Waals surface area contributed by atoms with E-state index in [1.807, 2.05) is 48.7 Å². The number of aromatic hydroxyl groups is 1. The van der Waals surface area contributed by atoms with E-state index in [4.69, 9.17) is 5.73 Å². The van der Waals surface area contributed by atoms with Crippen molar-refractivity contribution in [1.82, 2.24) is 4.98 Å². The number of anilines is 1. The Morgan fingerprint density at radius 3 is 2.43 bits per heavy atom. The van der Waals surface area contributed by atoms with Gasteiger partial charge in [0, 0.05) is 12.0 Å². The van der Waals surface area contributed by atoms with Crippen molar-refractivity contribution in [3.63, 3.8) is 0 Å². The molecule has 3 aromatic rings. The molecule has 0 saturated carbocycles. The van der Waals surface area contributed by atoms with Gasteiger partial charge in [-0.3, -0.25) is 5.73 Å². The lowest BCUT2D eigenvalue weighted by Gasteiger charge is -2.08. The molecule has 1 heterocycles. The maximum absolute atomic E-state index is 9.36. The van der Waals surface area contributed by atoms with Gasteiger partial charge in [0.15, 0.2) is 0 Å². The third kappa shape index (κ3) is 3.37. The van der Waals surface area contributed by atoms with Gasteiger partial charge in [0.1, 0.15) is 11.9 Å². The predicted molar refractivity (Wildman–Crippen MR) is 91.4 cm³/mol. The summed E-state index contributed by atoms with van der Waals surface area (Å²) in [6.07, 6.45) is 4.32. The quantitative estimate of drug-likeness (QED) is 0.728. The van der Waals surface area contributed by atoms with Crippen LogP contribution in [0.15, 0.2) is 73.6 Å². The van der Waals surface area contributed by atoms with E-state index in [9.17, 15) is 5.11 Å². The third-order valence-corrected chi connectivity index (χ3v) is 3.64. The van der Waals surface area contributed by atoms with Gasteiger partial charge in [-0.05, 0) is 23.3 Å². The molecule has 0 unspecified atom stereocenters. The summed E-state index contributed by atoms with van der Waals surface area (Å²) in [5.74, 6) is 0.646. The van der Waals surface area contributed by atoms with Gasteiger partial charge in [-0.2, -0.15) is 0 Å². The van der Waals surface area contributed by atoms with E-state index >= 15 is 0 Å². The molecule has 3 N–H and O–H groups in total. The van der Waals surface area contributed by atoms with Crippen LogP contribution < -0.4 is 10.3 Å². The zero-order valence-electron chi connectivity index (χ0n) is 12.7. The van der Waals surface area contributed by atoms with E-state index in [1.165, 1.54) is 0 Å². The van der Waals surface area contributed by atoms with Crippen molar-refractivity contribution in [2.45, 2.75) is 6.42 Å². The number of nitrogen functional groups attached to an aromatic ring is 1. The van der Waals surface area contributed by atoms with Crippen molar-refractivity contribution in [1.29, 1.82) is 0 Å². The van der Waals surface area contributed by atoms with Crippen LogP contribution in [0.4, 0.5) is 5.95 Å². The zero-order chi connectivity index (χ0) is 16.2. The van der Waals surface area contributed by atoms with Crippen LogP contribution in [-0.4, -0.2) is 10.1 Å². The standard InChI is InChI=1S/C19H17N3O/c1-14(11-15-7-9-18(23)10-8-15)22-13-17(12-21-19(22)20)16-5-3-2-4-6-16/h2-10,12-13,20,23H,1,11H2/p+1. The largest absolute Gasteiger partial charge is 0.508 e. The Morgan fingerprint density at radius 2 is 1.74 bits per heavy atom. The van der Waals surface area contributed by atoms with E-state index in [2.05, 4.69) is 11.6 Å². The predicted octanol–water partition coefficient (Wildman–Crippen LogP) is 3.04. The molecule has 0 spiro atoms. The molecular formula is C19H18N3O+. The molecule has 0 aliphatic heterocycles. The summed E-state index contributed by atoms with van der Waals surface area (Å²) in [6.45, 7) is 4.12. The van der Waals surface area contributed by atoms with Crippen LogP contribution in [-0.2, 0) is 6.42 Å². The first-order valence-corrected chi connectivity index (χ1v) is 7.32. The molecule has 4 heteroatoms. The lowest BCUT2D eigenvalue weighted by atomic mass is 10.1. The zero-order valence-corrected chi connectivity index (χ0v) is 12.7. The second kappa shape index (κ2) is 6.32. The van der Waals surface area contributed by atoms with Crippen LogP contribution in [0.25, 0.3) is 16.8 Å². The van der Waals surface area contributed by atoms with Crippen molar-refractivity contribution in [2.75, 3.05) is 5.73 Å². The van der Waals surface area contributed by atoms with Crippen molar-refractivity contribution >= 4 is 11.6 Å². The first kappa shape index (κ1) is 14.8. The van der Waals surface area contributed by atoms with Crippen molar-refractivity contribution in [3.8, 4) is 16.9 Å². The fraction of sp³-hybridized carbons (Fsp3) is 0.0526. The summed E-state index contributed by atoms with van der Waals surface area (Å²) in [5, 5.41) is 9.36. The van der Waals surface area contributed by atoms with Crippen molar-refractivity contribution in [2.24, 2.45) is 0 Å². The van der Waals surface area contributed by atoms with E-state index in [1.54, 1.807) is 22.9 Å². The summed E-state index contributed by atoms with van der Waals surface area (Å²) in [4.78, 5) is 4.27. The number of hydrogen-bond acceptors (Lipinski definition) is 3. The monoisotopic (exact) mass is 304 g/mol. The summed E-state index contributed by atoms with van der Waals surface area (Å²) in [7, 11) is 0. The Hall–Kier alpha value is -3.14. The molecule has 4 nitrogen and oxygen atoms in total. The highest BCUT2D eigenvalue weighted by Gasteiger charge is 2.13. The average Bonchev–Trinajstić information content (AvgIpc) is 2.58. The first-order chi connectivity index (χ1) is 11.1. The maximum atomic E-state index is 9.36. The highest BCUT2D eigenvalue weighted by atomic mass is 16.3. The van der Waals surface area contributed by atoms with Gasteiger partial charge in [-0.25, -0.2) is 4.57 Å². The highest BCUT2D eigenvalue weighted by molar-refractivity contribution is 5.61. The number of phenols is 1. The molecule has 0 amide bonds. The highest BCUT2D eigenvalue weighted by Crippen LogP contribution is 2.18. The molecule has 0 aliphatic rings. The number of allylic oxidation sites excluding steroid dienone is 1. The smallest absolute Gasteiger partial charge is 0.393 e. The van der Waals surface area contributed by atoms with Gasteiger partial charge < -0.3 is 5.11 Å². The molecule has 0 radical (unpaired) electrons. The van der Waals surface area contributed by atoms with Crippen LogP contribution in [0.5, 0.6) is 5.75 Å². The molecule has 0 bridgehead atoms. The van der Waals surface area contributed by atoms with Gasteiger partial charge in [-0.15, -0.1) is 0 Å².